The first-order chi connectivity index (χ1) is 8.22. The number of β-lactam (4-membered cyclic amide) rings is 1. The molecule has 19 heavy (non-hydrogen) atoms. The molecule has 7 heteroatoms. The Balaban J connectivity index is 0.00000180. The summed E-state index contributed by atoms with van der Waals surface area (Å²) in [6.45, 7) is 7.26. The summed E-state index contributed by atoms with van der Waals surface area (Å²) in [6, 6.07) is -0.500. The summed E-state index contributed by atoms with van der Waals surface area (Å²) < 4.78 is 5.34. The molecule has 0 aromatic carbocycles. The topological polar surface area (TPSA) is 72.6 Å². The van der Waals surface area contributed by atoms with Crippen LogP contribution in [0.25, 0.3) is 0 Å². The van der Waals surface area contributed by atoms with Crippen LogP contribution in [0.1, 0.15) is 27.7 Å². The monoisotopic (exact) mass is 306 g/mol. The zero-order valence-corrected chi connectivity index (χ0v) is 13.1. The molecule has 0 bridgehead atoms. The number of hydrogen-bond donors (Lipinski definition) is 1. The maximum atomic E-state index is 12.1. The molecular formula is C12H19ClN2O3S. The Morgan fingerprint density at radius 3 is 2.58 bits per heavy atom. The first-order valence-electron chi connectivity index (χ1n) is 5.86. The quantitative estimate of drug-likeness (QED) is 0.583. The first-order valence-corrected chi connectivity index (χ1v) is 6.90. The van der Waals surface area contributed by atoms with Gasteiger partial charge in [0.25, 0.3) is 0 Å². The summed E-state index contributed by atoms with van der Waals surface area (Å²) >= 11 is 1.59. The first kappa shape index (κ1) is 16.3. The number of rotatable bonds is 1. The van der Waals surface area contributed by atoms with Crippen LogP contribution < -0.4 is 5.73 Å². The van der Waals surface area contributed by atoms with Crippen molar-refractivity contribution in [3.8, 4) is 0 Å². The van der Waals surface area contributed by atoms with Gasteiger partial charge in [0.1, 0.15) is 22.7 Å². The third-order valence-electron chi connectivity index (χ3n) is 2.79. The number of nitrogens with two attached hydrogens (primary N) is 1. The largest absolute Gasteiger partial charge is 0.455 e. The lowest BCUT2D eigenvalue weighted by atomic mass is 10.0. The van der Waals surface area contributed by atoms with E-state index < -0.39 is 17.6 Å². The van der Waals surface area contributed by atoms with Gasteiger partial charge in [0.15, 0.2) is 0 Å². The van der Waals surface area contributed by atoms with Crippen molar-refractivity contribution in [2.24, 2.45) is 5.73 Å². The van der Waals surface area contributed by atoms with Crippen LogP contribution in [0, 0.1) is 0 Å². The van der Waals surface area contributed by atoms with Crippen molar-refractivity contribution in [3.63, 3.8) is 0 Å². The molecular weight excluding hydrogens is 288 g/mol. The minimum absolute atomic E-state index is 0. The van der Waals surface area contributed by atoms with Crippen LogP contribution in [-0.2, 0) is 14.3 Å². The maximum Gasteiger partial charge on any atom is 0.355 e. The van der Waals surface area contributed by atoms with Gasteiger partial charge in [0, 0.05) is 5.75 Å². The molecule has 5 nitrogen and oxygen atoms in total. The molecule has 1 saturated heterocycles. The Hall–Kier alpha value is -0.720. The average Bonchev–Trinajstić information content (AvgIpc) is 2.25. The Morgan fingerprint density at radius 2 is 2.05 bits per heavy atom. The molecule has 2 heterocycles. The van der Waals surface area contributed by atoms with Crippen molar-refractivity contribution >= 4 is 36.0 Å². The van der Waals surface area contributed by atoms with Gasteiger partial charge in [0.05, 0.1) is 0 Å². The van der Waals surface area contributed by atoms with E-state index in [1.165, 1.54) is 4.90 Å². The summed E-state index contributed by atoms with van der Waals surface area (Å²) in [5, 5.41) is -0.122. The highest BCUT2D eigenvalue weighted by Crippen LogP contribution is 2.39. The third kappa shape index (κ3) is 2.90. The second-order valence-electron chi connectivity index (χ2n) is 5.57. The van der Waals surface area contributed by atoms with E-state index in [0.717, 1.165) is 5.57 Å². The van der Waals surface area contributed by atoms with E-state index in [-0.39, 0.29) is 23.7 Å². The number of nitrogens with zero attached hydrogens (tertiary/aromatic N) is 1. The van der Waals surface area contributed by atoms with Crippen LogP contribution in [0.2, 0.25) is 0 Å². The van der Waals surface area contributed by atoms with Gasteiger partial charge in [-0.25, -0.2) is 4.79 Å². The van der Waals surface area contributed by atoms with Crippen LogP contribution in [0.3, 0.4) is 0 Å². The number of carbonyl (C=O) groups excluding carboxylic acids is 2. The lowest BCUT2D eigenvalue weighted by Crippen LogP contribution is -2.68. The molecule has 0 saturated carbocycles. The number of esters is 1. The number of thioether (sulfide) groups is 1. The Morgan fingerprint density at radius 1 is 1.47 bits per heavy atom. The van der Waals surface area contributed by atoms with Gasteiger partial charge in [-0.3, -0.25) is 9.69 Å². The van der Waals surface area contributed by atoms with Crippen molar-refractivity contribution in [2.45, 2.75) is 44.7 Å². The van der Waals surface area contributed by atoms with Gasteiger partial charge in [-0.2, -0.15) is 0 Å². The van der Waals surface area contributed by atoms with Gasteiger partial charge < -0.3 is 10.5 Å². The van der Waals surface area contributed by atoms with Crippen molar-refractivity contribution in [1.82, 2.24) is 4.90 Å². The number of halogens is 1. The van der Waals surface area contributed by atoms with E-state index >= 15 is 0 Å². The SMILES string of the molecule is CC1=C(C(=O)OC(C)(C)C)N2C(=O)C(N)[C@H]2SC1.Cl. The van der Waals surface area contributed by atoms with E-state index in [1.807, 2.05) is 6.92 Å². The second-order valence-corrected chi connectivity index (χ2v) is 6.67. The highest BCUT2D eigenvalue weighted by molar-refractivity contribution is 8.00. The Kier molecular flexibility index (Phi) is 4.59. The maximum absolute atomic E-state index is 12.1. The van der Waals surface area contributed by atoms with E-state index in [0.29, 0.717) is 11.4 Å². The summed E-state index contributed by atoms with van der Waals surface area (Å²) in [5.41, 5.74) is 6.40. The fourth-order valence-electron chi connectivity index (χ4n) is 1.99. The van der Waals surface area contributed by atoms with Crippen LogP contribution in [0.15, 0.2) is 11.3 Å². The predicted molar refractivity (Wildman–Crippen MR) is 76.9 cm³/mol. The van der Waals surface area contributed by atoms with Gasteiger partial charge >= 0.3 is 5.97 Å². The van der Waals surface area contributed by atoms with Crippen molar-refractivity contribution in [1.29, 1.82) is 0 Å². The zero-order chi connectivity index (χ0) is 13.7. The van der Waals surface area contributed by atoms with E-state index in [4.69, 9.17) is 10.5 Å². The summed E-state index contributed by atoms with van der Waals surface area (Å²) in [7, 11) is 0. The smallest absolute Gasteiger partial charge is 0.355 e. The second kappa shape index (κ2) is 5.34. The van der Waals surface area contributed by atoms with Crippen LogP contribution >= 0.6 is 24.2 Å². The van der Waals surface area contributed by atoms with Gasteiger partial charge in [-0.1, -0.05) is 0 Å². The molecule has 2 rings (SSSR count). The zero-order valence-electron chi connectivity index (χ0n) is 11.4. The molecule has 1 unspecified atom stereocenters. The highest BCUT2D eigenvalue weighted by Gasteiger charge is 2.51. The molecule has 2 aliphatic heterocycles. The fraction of sp³-hybridized carbons (Fsp3) is 0.667. The van der Waals surface area contributed by atoms with Gasteiger partial charge in [-0.05, 0) is 33.3 Å². The molecule has 0 aliphatic carbocycles. The third-order valence-corrected chi connectivity index (χ3v) is 4.24. The standard InChI is InChI=1S/C12H18N2O3S.ClH/c1-6-5-18-10-7(13)9(15)14(10)8(6)11(16)17-12(2,3)4;/h7,10H,5,13H2,1-4H3;1H/t7?,10-;/m1./s1. The minimum Gasteiger partial charge on any atom is -0.455 e. The molecule has 2 N–H and O–H groups in total. The Labute approximate surface area is 123 Å². The van der Waals surface area contributed by atoms with Crippen LogP contribution in [0.5, 0.6) is 0 Å². The van der Waals surface area contributed by atoms with E-state index in [9.17, 15) is 9.59 Å². The van der Waals surface area contributed by atoms with Crippen LogP contribution in [-0.4, -0.2) is 39.5 Å². The molecule has 1 fully saturated rings. The summed E-state index contributed by atoms with van der Waals surface area (Å²) in [5.74, 6) is 0.0643. The summed E-state index contributed by atoms with van der Waals surface area (Å²) in [4.78, 5) is 25.4. The molecule has 108 valence electrons. The molecule has 0 radical (unpaired) electrons. The van der Waals surface area contributed by atoms with Crippen molar-refractivity contribution in [3.05, 3.63) is 11.3 Å². The van der Waals surface area contributed by atoms with Crippen LogP contribution in [0.4, 0.5) is 0 Å². The normalized spacial score (nSPS) is 26.4. The van der Waals surface area contributed by atoms with E-state index in [1.54, 1.807) is 32.5 Å². The number of carbonyl (C=O) groups is 2. The molecule has 0 spiro atoms. The number of fused-ring (bicyclic) bond motifs is 1. The summed E-state index contributed by atoms with van der Waals surface area (Å²) in [6.07, 6.45) is 0. The molecule has 1 amide bonds. The minimum atomic E-state index is -0.569. The van der Waals surface area contributed by atoms with Gasteiger partial charge in [0.2, 0.25) is 5.91 Å². The van der Waals surface area contributed by atoms with Gasteiger partial charge in [-0.15, -0.1) is 24.2 Å². The highest BCUT2D eigenvalue weighted by atomic mass is 35.5. The lowest BCUT2D eigenvalue weighted by molar-refractivity contribution is -0.158. The predicted octanol–water partition coefficient (Wildman–Crippen LogP) is 1.27. The molecule has 2 aliphatic rings. The fourth-order valence-corrected chi connectivity index (χ4v) is 3.23. The number of hydrogen-bond acceptors (Lipinski definition) is 5. The lowest BCUT2D eigenvalue weighted by Gasteiger charge is -2.48. The molecule has 2 atom stereocenters. The number of amides is 1. The number of ether oxygens (including phenoxy) is 1. The average molecular weight is 307 g/mol. The van der Waals surface area contributed by atoms with Crippen molar-refractivity contribution in [2.75, 3.05) is 5.75 Å². The molecule has 0 aromatic rings. The molecule has 0 aromatic heterocycles. The van der Waals surface area contributed by atoms with E-state index in [2.05, 4.69) is 0 Å². The van der Waals surface area contributed by atoms with Crippen molar-refractivity contribution < 1.29 is 14.3 Å². The Bertz CT molecular complexity index is 445.